The highest BCUT2D eigenvalue weighted by molar-refractivity contribution is 5.96. The lowest BCUT2D eigenvalue weighted by molar-refractivity contribution is -0.155. The van der Waals surface area contributed by atoms with Gasteiger partial charge in [-0.3, -0.25) is 14.4 Å². The van der Waals surface area contributed by atoms with Gasteiger partial charge in [0.25, 0.3) is 5.91 Å². The van der Waals surface area contributed by atoms with Crippen molar-refractivity contribution in [2.45, 2.75) is 59.1 Å². The van der Waals surface area contributed by atoms with E-state index in [1.807, 2.05) is 0 Å². The third-order valence-electron chi connectivity index (χ3n) is 6.21. The molecule has 1 unspecified atom stereocenters. The van der Waals surface area contributed by atoms with Gasteiger partial charge in [0.05, 0.1) is 13.7 Å². The van der Waals surface area contributed by atoms with E-state index < -0.39 is 29.6 Å². The first-order chi connectivity index (χ1) is 19.4. The molecule has 1 aliphatic rings. The van der Waals surface area contributed by atoms with E-state index in [-0.39, 0.29) is 44.1 Å². The molecule has 1 aromatic carbocycles. The maximum Gasteiger partial charge on any atom is 0.409 e. The Bertz CT molecular complexity index is 1240. The van der Waals surface area contributed by atoms with Crippen molar-refractivity contribution in [2.24, 2.45) is 0 Å². The van der Waals surface area contributed by atoms with Crippen LogP contribution in [0.1, 0.15) is 56.7 Å². The minimum atomic E-state index is -1.01. The van der Waals surface area contributed by atoms with Crippen molar-refractivity contribution < 1.29 is 33.4 Å². The van der Waals surface area contributed by atoms with Gasteiger partial charge in [0, 0.05) is 43.9 Å². The molecule has 12 nitrogen and oxygen atoms in total. The predicted molar refractivity (Wildman–Crippen MR) is 150 cm³/mol. The summed E-state index contributed by atoms with van der Waals surface area (Å²) in [5.74, 6) is -0.376. The van der Waals surface area contributed by atoms with Crippen LogP contribution in [0, 0.1) is 6.92 Å². The van der Waals surface area contributed by atoms with Crippen LogP contribution in [0.2, 0.25) is 0 Å². The average Bonchev–Trinajstić information content (AvgIpc) is 2.93. The van der Waals surface area contributed by atoms with Crippen molar-refractivity contribution in [1.82, 2.24) is 25.1 Å². The molecule has 1 atom stereocenters. The minimum Gasteiger partial charge on any atom is -0.497 e. The number of ether oxygens (including phenoxy) is 3. The van der Waals surface area contributed by atoms with Gasteiger partial charge in [-0.15, -0.1) is 0 Å². The molecule has 0 saturated carbocycles. The molecule has 12 heteroatoms. The number of aryl methyl sites for hydroxylation is 1. The van der Waals surface area contributed by atoms with Gasteiger partial charge in [-0.2, -0.15) is 0 Å². The number of amides is 3. The quantitative estimate of drug-likeness (QED) is 0.451. The average molecular weight is 570 g/mol. The van der Waals surface area contributed by atoms with Crippen LogP contribution < -0.4 is 10.1 Å². The summed E-state index contributed by atoms with van der Waals surface area (Å²) >= 11 is 0. The van der Waals surface area contributed by atoms with Gasteiger partial charge >= 0.3 is 12.1 Å². The molecule has 3 rings (SSSR count). The highest BCUT2D eigenvalue weighted by Gasteiger charge is 2.32. The van der Waals surface area contributed by atoms with Crippen LogP contribution in [-0.4, -0.2) is 95.2 Å². The fourth-order valence-corrected chi connectivity index (χ4v) is 4.24. The van der Waals surface area contributed by atoms with E-state index in [0.717, 1.165) is 0 Å². The second-order valence-electron chi connectivity index (χ2n) is 10.6. The first-order valence-electron chi connectivity index (χ1n) is 13.6. The van der Waals surface area contributed by atoms with Crippen LogP contribution in [0.4, 0.5) is 4.79 Å². The van der Waals surface area contributed by atoms with Crippen LogP contribution in [0.3, 0.4) is 0 Å². The van der Waals surface area contributed by atoms with Crippen molar-refractivity contribution >= 4 is 23.9 Å². The van der Waals surface area contributed by atoms with E-state index >= 15 is 0 Å². The number of carbonyl (C=O) groups is 4. The van der Waals surface area contributed by atoms with Gasteiger partial charge in [-0.25, -0.2) is 14.8 Å². The third-order valence-corrected chi connectivity index (χ3v) is 6.21. The Balaban J connectivity index is 1.77. The summed E-state index contributed by atoms with van der Waals surface area (Å²) in [4.78, 5) is 63.4. The Hall–Kier alpha value is -4.22. The van der Waals surface area contributed by atoms with Crippen molar-refractivity contribution in [3.63, 3.8) is 0 Å². The number of esters is 1. The summed E-state index contributed by atoms with van der Waals surface area (Å²) in [6.45, 7) is 10.2. The summed E-state index contributed by atoms with van der Waals surface area (Å²) in [5.41, 5.74) is 0.674. The zero-order valence-electron chi connectivity index (χ0n) is 24.6. The number of benzene rings is 1. The topological polar surface area (TPSA) is 140 Å². The first kappa shape index (κ1) is 31.3. The molecule has 222 valence electrons. The van der Waals surface area contributed by atoms with Crippen molar-refractivity contribution in [3.8, 4) is 17.1 Å². The fourth-order valence-electron chi connectivity index (χ4n) is 4.24. The second-order valence-corrected chi connectivity index (χ2v) is 10.6. The van der Waals surface area contributed by atoms with Gasteiger partial charge in [0.2, 0.25) is 5.91 Å². The normalized spacial score (nSPS) is 14.2. The minimum absolute atomic E-state index is 0.0347. The molecule has 0 bridgehead atoms. The van der Waals surface area contributed by atoms with Gasteiger partial charge in [-0.05, 0) is 71.4 Å². The summed E-state index contributed by atoms with van der Waals surface area (Å²) in [5, 5.41) is 2.77. The van der Waals surface area contributed by atoms with E-state index in [0.29, 0.717) is 35.9 Å². The molecule has 2 heterocycles. The lowest BCUT2D eigenvalue weighted by Crippen LogP contribution is -2.56. The SMILES string of the molecule is CCOC(=O)N1CCN(C(=O)C(CCC(=O)OC(C)(C)C)NC(=O)c2cc(C)nc(-c3ccc(OC)cc3)n2)CC1. The van der Waals surface area contributed by atoms with Crippen LogP contribution >= 0.6 is 0 Å². The van der Waals surface area contributed by atoms with Crippen molar-refractivity contribution in [2.75, 3.05) is 39.9 Å². The van der Waals surface area contributed by atoms with Crippen LogP contribution in [0.15, 0.2) is 30.3 Å². The van der Waals surface area contributed by atoms with Crippen LogP contribution in [0.5, 0.6) is 5.75 Å². The summed E-state index contributed by atoms with van der Waals surface area (Å²) < 4.78 is 15.7. The molecule has 1 aromatic heterocycles. The standard InChI is InChI=1S/C29H39N5O7/c1-7-40-28(38)34-16-14-33(15-17-34)27(37)22(12-13-24(35)41-29(3,4)5)32-26(36)23-18-19(2)30-25(31-23)20-8-10-21(39-6)11-9-20/h8-11,18,22H,7,12-17H2,1-6H3,(H,32,36). The maximum atomic E-state index is 13.6. The number of methoxy groups -OCH3 is 1. The van der Waals surface area contributed by atoms with E-state index in [1.54, 1.807) is 70.9 Å². The fraction of sp³-hybridized carbons (Fsp3) is 0.517. The van der Waals surface area contributed by atoms with Crippen LogP contribution in [-0.2, 0) is 19.1 Å². The Kier molecular flexibility index (Phi) is 10.6. The summed E-state index contributed by atoms with van der Waals surface area (Å²) in [6, 6.07) is 7.65. The third kappa shape index (κ3) is 9.16. The van der Waals surface area contributed by atoms with E-state index in [4.69, 9.17) is 14.2 Å². The summed E-state index contributed by atoms with van der Waals surface area (Å²) in [7, 11) is 1.57. The van der Waals surface area contributed by atoms with Gasteiger partial charge in [0.1, 0.15) is 23.1 Å². The number of aromatic nitrogens is 2. The van der Waals surface area contributed by atoms with E-state index in [1.165, 1.54) is 11.0 Å². The lowest BCUT2D eigenvalue weighted by Gasteiger charge is -2.36. The lowest BCUT2D eigenvalue weighted by atomic mass is 10.1. The van der Waals surface area contributed by atoms with Gasteiger partial charge in [-0.1, -0.05) is 0 Å². The molecular weight excluding hydrogens is 530 g/mol. The molecule has 0 radical (unpaired) electrons. The molecule has 1 saturated heterocycles. The van der Waals surface area contributed by atoms with Crippen molar-refractivity contribution in [3.05, 3.63) is 41.7 Å². The smallest absolute Gasteiger partial charge is 0.409 e. The number of carbonyl (C=O) groups excluding carboxylic acids is 4. The maximum absolute atomic E-state index is 13.6. The first-order valence-corrected chi connectivity index (χ1v) is 13.6. The number of hydrogen-bond donors (Lipinski definition) is 1. The number of hydrogen-bond acceptors (Lipinski definition) is 9. The van der Waals surface area contributed by atoms with Crippen LogP contribution in [0.25, 0.3) is 11.4 Å². The van der Waals surface area contributed by atoms with Gasteiger partial charge < -0.3 is 29.3 Å². The Morgan fingerprint density at radius 1 is 1.00 bits per heavy atom. The highest BCUT2D eigenvalue weighted by atomic mass is 16.6. The molecule has 3 amide bonds. The Morgan fingerprint density at radius 3 is 2.22 bits per heavy atom. The number of nitrogens with one attached hydrogen (secondary N) is 1. The van der Waals surface area contributed by atoms with Crippen molar-refractivity contribution in [1.29, 1.82) is 0 Å². The largest absolute Gasteiger partial charge is 0.497 e. The van der Waals surface area contributed by atoms with Gasteiger partial charge in [0.15, 0.2) is 5.82 Å². The highest BCUT2D eigenvalue weighted by Crippen LogP contribution is 2.20. The molecule has 0 aliphatic carbocycles. The monoisotopic (exact) mass is 569 g/mol. The molecular formula is C29H39N5O7. The van der Waals surface area contributed by atoms with E-state index in [2.05, 4.69) is 15.3 Å². The predicted octanol–water partition coefficient (Wildman–Crippen LogP) is 2.98. The molecule has 2 aromatic rings. The number of piperazine rings is 1. The number of rotatable bonds is 9. The van der Waals surface area contributed by atoms with E-state index in [9.17, 15) is 19.2 Å². The zero-order chi connectivity index (χ0) is 30.2. The molecule has 0 spiro atoms. The Morgan fingerprint density at radius 2 is 1.63 bits per heavy atom. The Labute approximate surface area is 240 Å². The molecule has 41 heavy (non-hydrogen) atoms. The molecule has 1 N–H and O–H groups in total. The number of nitrogens with zero attached hydrogens (tertiary/aromatic N) is 4. The summed E-state index contributed by atoms with van der Waals surface area (Å²) in [6.07, 6.45) is -0.468. The molecule has 1 fully saturated rings. The second kappa shape index (κ2) is 13.9. The molecule has 1 aliphatic heterocycles. The zero-order valence-corrected chi connectivity index (χ0v) is 24.6.